The van der Waals surface area contributed by atoms with E-state index in [1.807, 2.05) is 0 Å². The third kappa shape index (κ3) is 8.83. The van der Waals surface area contributed by atoms with E-state index >= 15 is 0 Å². The van der Waals surface area contributed by atoms with Gasteiger partial charge in [0.05, 0.1) is 0 Å². The molecule has 12 valence electrons. The second kappa shape index (κ2) is 17.1. The Hall–Kier alpha value is 2.76. The minimum Gasteiger partial charge on any atom is -1.00 e. The maximum atomic E-state index is 6.25. The molecule has 0 aliphatic heterocycles. The van der Waals surface area contributed by atoms with E-state index in [1.54, 1.807) is 0 Å². The summed E-state index contributed by atoms with van der Waals surface area (Å²) in [5.74, 6) is 0. The Morgan fingerprint density at radius 3 is 1.25 bits per heavy atom. The molecule has 1 nitrogen and oxygen atoms in total. The van der Waals surface area contributed by atoms with E-state index in [0.717, 1.165) is 0 Å². The van der Waals surface area contributed by atoms with E-state index in [2.05, 4.69) is 0 Å². The molecule has 0 heterocycles. The van der Waals surface area contributed by atoms with Gasteiger partial charge >= 0.3 is 103 Å². The summed E-state index contributed by atoms with van der Waals surface area (Å²) in [7, 11) is 0. The molecule has 0 spiro atoms. The van der Waals surface area contributed by atoms with E-state index in [0.29, 0.717) is 0 Å². The Morgan fingerprint density at radius 1 is 1.25 bits per heavy atom. The zero-order valence-electron chi connectivity index (χ0n) is 3.95. The fourth-order valence-electron chi connectivity index (χ4n) is 0. The molecule has 0 saturated carbocycles. The second-order valence-electron chi connectivity index (χ2n) is 0. The second-order valence-corrected chi connectivity index (χ2v) is 0. The summed E-state index contributed by atoms with van der Waals surface area (Å²) >= 11 is 0. The number of hydrogen-bond acceptors (Lipinski definition) is 1. The van der Waals surface area contributed by atoms with E-state index < -0.39 is 0 Å². The number of hydrogen-bond donors (Lipinski definition) is 0. The minimum atomic E-state index is 0. The standard InChI is InChI=1S/CN.2K.H/c1-2;;;/q-1;2*+1;-1. The molecule has 0 amide bonds. The summed E-state index contributed by atoms with van der Waals surface area (Å²) in [4.78, 5) is 0. The van der Waals surface area contributed by atoms with Gasteiger partial charge in [0.2, 0.25) is 0 Å². The predicted molar refractivity (Wildman–Crippen MR) is 6.08 cm³/mol. The van der Waals surface area contributed by atoms with Crippen LogP contribution in [0.15, 0.2) is 0 Å². The Bertz CT molecular complexity index is 14.4. The summed E-state index contributed by atoms with van der Waals surface area (Å²) in [5, 5.41) is 6.25. The quantitative estimate of drug-likeness (QED) is 0.222. The van der Waals surface area contributed by atoms with Gasteiger partial charge in [-0.1, -0.05) is 0 Å². The van der Waals surface area contributed by atoms with Crippen LogP contribution < -0.4 is 103 Å². The van der Waals surface area contributed by atoms with Crippen LogP contribution in [0.3, 0.4) is 0 Å². The molecule has 3 heteroatoms. The van der Waals surface area contributed by atoms with Crippen LogP contribution in [-0.4, -0.2) is 0 Å². The van der Waals surface area contributed by atoms with Crippen LogP contribution in [0.25, 0.3) is 0 Å². The normalized spacial score (nSPS) is 0.500. The van der Waals surface area contributed by atoms with Crippen molar-refractivity contribution < 1.29 is 104 Å². The van der Waals surface area contributed by atoms with Crippen molar-refractivity contribution >= 4 is 0 Å². The molecule has 0 aromatic heterocycles. The van der Waals surface area contributed by atoms with Gasteiger partial charge in [0, 0.05) is 0 Å². The smallest absolute Gasteiger partial charge is 1.00 e. The third-order valence-electron chi connectivity index (χ3n) is 0. The Balaban J connectivity index is -0.00000000167. The predicted octanol–water partition coefficient (Wildman–Crippen LogP) is -5.78. The first-order chi connectivity index (χ1) is 1.00. The maximum absolute atomic E-state index is 6.25. The van der Waals surface area contributed by atoms with Gasteiger partial charge in [0.1, 0.15) is 0 Å². The molecule has 4 heavy (non-hydrogen) atoms. The van der Waals surface area contributed by atoms with Crippen LogP contribution in [0.1, 0.15) is 1.43 Å². The molecule has 0 saturated heterocycles. The Kier molecular flexibility index (Phi) is 67.9. The average Bonchev–Trinajstić information content (AvgIpc) is 1.00. The van der Waals surface area contributed by atoms with Crippen LogP contribution in [0.4, 0.5) is 0 Å². The van der Waals surface area contributed by atoms with Gasteiger partial charge in [0.25, 0.3) is 0 Å². The van der Waals surface area contributed by atoms with Gasteiger partial charge in [-0.05, 0) is 0 Å². The first-order valence-electron chi connectivity index (χ1n) is 0.224. The molecule has 0 rings (SSSR count). The molecule has 0 unspecified atom stereocenters. The monoisotopic (exact) mass is 105 g/mol. The van der Waals surface area contributed by atoms with Crippen molar-refractivity contribution in [2.45, 2.75) is 0 Å². The molecular weight excluding hydrogens is 104 g/mol. The molecule has 0 bridgehead atoms. The van der Waals surface area contributed by atoms with E-state index in [4.69, 9.17) is 11.8 Å². The SMILES string of the molecule is [C-]#N.[H-].[K+].[K+]. The van der Waals surface area contributed by atoms with Gasteiger partial charge in [0.15, 0.2) is 0 Å². The van der Waals surface area contributed by atoms with Gasteiger partial charge in [-0.15, -0.1) is 0 Å². The Morgan fingerprint density at radius 2 is 1.25 bits per heavy atom. The van der Waals surface area contributed by atoms with Crippen molar-refractivity contribution in [2.24, 2.45) is 0 Å². The van der Waals surface area contributed by atoms with Crippen LogP contribution in [-0.2, 0) is 0 Å². The molecule has 0 N–H and O–H groups in total. The molecule has 0 atom stereocenters. The molecule has 0 aromatic rings. The third-order valence-corrected chi connectivity index (χ3v) is 0. The topological polar surface area (TPSA) is 23.8 Å². The summed E-state index contributed by atoms with van der Waals surface area (Å²) < 4.78 is 0. The van der Waals surface area contributed by atoms with Crippen molar-refractivity contribution in [3.8, 4) is 0 Å². The fourth-order valence-corrected chi connectivity index (χ4v) is 0. The first kappa shape index (κ1) is 15.9. The summed E-state index contributed by atoms with van der Waals surface area (Å²) in [5.41, 5.74) is 0. The van der Waals surface area contributed by atoms with Crippen molar-refractivity contribution in [1.29, 1.82) is 5.26 Å². The summed E-state index contributed by atoms with van der Waals surface area (Å²) in [6, 6.07) is 0. The number of rotatable bonds is 0. The molecule has 0 fully saturated rings. The van der Waals surface area contributed by atoms with Crippen LogP contribution in [0, 0.1) is 11.8 Å². The van der Waals surface area contributed by atoms with Gasteiger partial charge in [-0.25, -0.2) is 0 Å². The van der Waals surface area contributed by atoms with Crippen LogP contribution in [0.5, 0.6) is 0 Å². The van der Waals surface area contributed by atoms with E-state index in [-0.39, 0.29) is 104 Å². The van der Waals surface area contributed by atoms with Crippen molar-refractivity contribution in [3.63, 3.8) is 0 Å². The molecule has 0 aliphatic rings. The van der Waals surface area contributed by atoms with Gasteiger partial charge < -0.3 is 13.3 Å². The van der Waals surface area contributed by atoms with Crippen LogP contribution >= 0.6 is 0 Å². The summed E-state index contributed by atoms with van der Waals surface area (Å²) in [6.07, 6.45) is 0. The molecule has 0 aliphatic carbocycles. The van der Waals surface area contributed by atoms with E-state index in [1.165, 1.54) is 0 Å². The number of nitrogens with zero attached hydrogens (tertiary/aromatic N) is 1. The molecular formula is CHK2N. The minimum absolute atomic E-state index is 0. The molecule has 0 aromatic carbocycles. The van der Waals surface area contributed by atoms with Crippen molar-refractivity contribution in [3.05, 3.63) is 6.57 Å². The van der Waals surface area contributed by atoms with Gasteiger partial charge in [-0.2, -0.15) is 0 Å². The maximum Gasteiger partial charge on any atom is 1.00 e. The Labute approximate surface area is 112 Å². The average molecular weight is 105 g/mol. The van der Waals surface area contributed by atoms with Crippen molar-refractivity contribution in [2.75, 3.05) is 0 Å². The van der Waals surface area contributed by atoms with Crippen LogP contribution in [0.2, 0.25) is 0 Å². The largest absolute Gasteiger partial charge is 1.00 e. The summed E-state index contributed by atoms with van der Waals surface area (Å²) in [6.45, 7) is 4.75. The van der Waals surface area contributed by atoms with Crippen molar-refractivity contribution in [1.82, 2.24) is 0 Å². The fraction of sp³-hybridized carbons (Fsp3) is 0. The van der Waals surface area contributed by atoms with E-state index in [9.17, 15) is 0 Å². The van der Waals surface area contributed by atoms with Gasteiger partial charge in [-0.3, -0.25) is 0 Å². The molecule has 0 radical (unpaired) electrons. The zero-order chi connectivity index (χ0) is 2.00. The zero-order valence-corrected chi connectivity index (χ0v) is 9.19. The first-order valence-corrected chi connectivity index (χ1v) is 0.224.